The molecule has 1 aliphatic rings. The summed E-state index contributed by atoms with van der Waals surface area (Å²) in [4.78, 5) is 12.6. The van der Waals surface area contributed by atoms with Crippen molar-refractivity contribution in [2.24, 2.45) is 5.14 Å². The number of imidazole rings is 1. The van der Waals surface area contributed by atoms with Crippen molar-refractivity contribution in [2.45, 2.75) is 32.1 Å². The van der Waals surface area contributed by atoms with Crippen LogP contribution in [0.1, 0.15) is 24.8 Å². The molecule has 3 heterocycles. The van der Waals surface area contributed by atoms with E-state index in [0.717, 1.165) is 11.2 Å². The van der Waals surface area contributed by atoms with Gasteiger partial charge in [0.1, 0.15) is 18.1 Å². The van der Waals surface area contributed by atoms with E-state index in [4.69, 9.17) is 9.88 Å². The smallest absolute Gasteiger partial charge is 0.333 e. The fourth-order valence-corrected chi connectivity index (χ4v) is 2.71. The number of rotatable bonds is 4. The summed E-state index contributed by atoms with van der Waals surface area (Å²) < 4.78 is 33.7. The molecule has 0 amide bonds. The summed E-state index contributed by atoms with van der Waals surface area (Å²) in [6, 6.07) is 0. The average Bonchev–Trinajstić information content (AvgIpc) is 3.02. The first-order valence-corrected chi connectivity index (χ1v) is 7.88. The molecule has 3 rings (SSSR count). The first-order chi connectivity index (χ1) is 9.94. The third kappa shape index (κ3) is 3.02. The third-order valence-electron chi connectivity index (χ3n) is 3.36. The summed E-state index contributed by atoms with van der Waals surface area (Å²) in [6.07, 6.45) is 3.94. The van der Waals surface area contributed by atoms with E-state index in [-0.39, 0.29) is 18.9 Å². The van der Waals surface area contributed by atoms with Crippen LogP contribution in [0, 0.1) is 6.92 Å². The van der Waals surface area contributed by atoms with Gasteiger partial charge in [0.2, 0.25) is 0 Å². The number of hydrogen-bond acceptors (Lipinski definition) is 7. The fourth-order valence-electron chi connectivity index (χ4n) is 2.36. The molecule has 1 saturated heterocycles. The van der Waals surface area contributed by atoms with Crippen molar-refractivity contribution in [1.82, 2.24) is 19.5 Å². The van der Waals surface area contributed by atoms with Crippen LogP contribution in [0.4, 0.5) is 0 Å². The van der Waals surface area contributed by atoms with E-state index in [2.05, 4.69) is 19.1 Å². The zero-order valence-electron chi connectivity index (χ0n) is 11.3. The Balaban J connectivity index is 1.75. The molecule has 0 unspecified atom stereocenters. The fraction of sp³-hybridized carbons (Fsp3) is 0.545. The lowest BCUT2D eigenvalue weighted by Crippen LogP contribution is -2.23. The van der Waals surface area contributed by atoms with Crippen molar-refractivity contribution >= 4 is 21.5 Å². The number of aromatic nitrogens is 4. The van der Waals surface area contributed by atoms with E-state index in [1.807, 2.05) is 11.5 Å². The first-order valence-electron chi connectivity index (χ1n) is 6.41. The van der Waals surface area contributed by atoms with Gasteiger partial charge in [0, 0.05) is 0 Å². The lowest BCUT2D eigenvalue weighted by atomic mass is 10.2. The van der Waals surface area contributed by atoms with Crippen molar-refractivity contribution in [2.75, 3.05) is 6.61 Å². The van der Waals surface area contributed by atoms with Crippen LogP contribution in [0.15, 0.2) is 12.7 Å². The molecule has 9 nitrogen and oxygen atoms in total. The largest absolute Gasteiger partial charge is 0.352 e. The maximum atomic E-state index is 10.8. The molecule has 2 N–H and O–H groups in total. The highest BCUT2D eigenvalue weighted by atomic mass is 32.2. The minimum atomic E-state index is -3.94. The molecule has 21 heavy (non-hydrogen) atoms. The highest BCUT2D eigenvalue weighted by Crippen LogP contribution is 2.30. The van der Waals surface area contributed by atoms with Crippen molar-refractivity contribution in [1.29, 1.82) is 0 Å². The number of fused-ring (bicyclic) bond motifs is 1. The topological polar surface area (TPSA) is 122 Å². The molecule has 1 fully saturated rings. The molecule has 0 bridgehead atoms. The molecule has 0 spiro atoms. The van der Waals surface area contributed by atoms with Crippen LogP contribution in [-0.2, 0) is 19.2 Å². The molecule has 2 atom stereocenters. The number of hydrogen-bond donors (Lipinski definition) is 1. The summed E-state index contributed by atoms with van der Waals surface area (Å²) in [5.41, 5.74) is 2.22. The van der Waals surface area contributed by atoms with E-state index in [1.165, 1.54) is 6.33 Å². The first kappa shape index (κ1) is 14.3. The normalized spacial score (nSPS) is 23.0. The van der Waals surface area contributed by atoms with Gasteiger partial charge in [-0.2, -0.15) is 8.42 Å². The second-order valence-electron chi connectivity index (χ2n) is 4.85. The molecule has 0 saturated carbocycles. The number of nitrogens with zero attached hydrogens (tertiary/aromatic N) is 4. The van der Waals surface area contributed by atoms with Gasteiger partial charge in [-0.1, -0.05) is 0 Å². The minimum absolute atomic E-state index is 0.0873. The molecular weight excluding hydrogens is 298 g/mol. The maximum Gasteiger partial charge on any atom is 0.333 e. The van der Waals surface area contributed by atoms with Crippen LogP contribution in [0.3, 0.4) is 0 Å². The molecule has 2 aromatic heterocycles. The van der Waals surface area contributed by atoms with Crippen LogP contribution in [-0.4, -0.2) is 40.6 Å². The molecule has 10 heteroatoms. The molecule has 2 aromatic rings. The zero-order chi connectivity index (χ0) is 15.0. The summed E-state index contributed by atoms with van der Waals surface area (Å²) in [5.74, 6) is 0. The second kappa shape index (κ2) is 5.30. The molecule has 0 radical (unpaired) electrons. The van der Waals surface area contributed by atoms with Gasteiger partial charge in [-0.3, -0.25) is 8.75 Å². The Hall–Kier alpha value is -1.62. The predicted molar refractivity (Wildman–Crippen MR) is 72.3 cm³/mol. The van der Waals surface area contributed by atoms with Crippen molar-refractivity contribution in [3.8, 4) is 0 Å². The Bertz CT molecular complexity index is 759. The van der Waals surface area contributed by atoms with Gasteiger partial charge in [0.05, 0.1) is 24.7 Å². The van der Waals surface area contributed by atoms with Crippen LogP contribution >= 0.6 is 0 Å². The molecule has 1 aliphatic heterocycles. The summed E-state index contributed by atoms with van der Waals surface area (Å²) in [5, 5.41) is 4.80. The zero-order valence-corrected chi connectivity index (χ0v) is 12.2. The van der Waals surface area contributed by atoms with Gasteiger partial charge < -0.3 is 4.74 Å². The van der Waals surface area contributed by atoms with Crippen LogP contribution in [0.2, 0.25) is 0 Å². The van der Waals surface area contributed by atoms with E-state index >= 15 is 0 Å². The van der Waals surface area contributed by atoms with Crippen LogP contribution in [0.5, 0.6) is 0 Å². The lowest BCUT2D eigenvalue weighted by molar-refractivity contribution is -0.0149. The Morgan fingerprint density at radius 2 is 2.24 bits per heavy atom. The van der Waals surface area contributed by atoms with Gasteiger partial charge >= 0.3 is 10.3 Å². The van der Waals surface area contributed by atoms with E-state index in [9.17, 15) is 8.42 Å². The van der Waals surface area contributed by atoms with E-state index < -0.39 is 10.3 Å². The monoisotopic (exact) mass is 313 g/mol. The standard InChI is InChI=1S/C11H15N5O4S/c1-7-10-11(14-5-13-7)16(6-15-10)9-3-2-8(20-9)4-19-21(12,17)18/h5-6,8-9H,2-4H2,1H3,(H2,12,17,18)/t8-,9+/m0/s1. The van der Waals surface area contributed by atoms with Gasteiger partial charge in [-0.25, -0.2) is 20.1 Å². The van der Waals surface area contributed by atoms with Crippen molar-refractivity contribution in [3.05, 3.63) is 18.3 Å². The van der Waals surface area contributed by atoms with Gasteiger partial charge in [-0.05, 0) is 19.8 Å². The minimum Gasteiger partial charge on any atom is -0.352 e. The molecular formula is C11H15N5O4S. The average molecular weight is 313 g/mol. The summed E-state index contributed by atoms with van der Waals surface area (Å²) in [7, 11) is -3.94. The van der Waals surface area contributed by atoms with Crippen LogP contribution in [0.25, 0.3) is 11.2 Å². The molecule has 0 aliphatic carbocycles. The van der Waals surface area contributed by atoms with Crippen LogP contribution < -0.4 is 5.14 Å². The predicted octanol–water partition coefficient (Wildman–Crippen LogP) is 0.0324. The lowest BCUT2D eigenvalue weighted by Gasteiger charge is -2.14. The SMILES string of the molecule is Cc1ncnc2c1ncn2[C@H]1CC[C@@H](COS(N)(=O)=O)O1. The van der Waals surface area contributed by atoms with E-state index in [1.54, 1.807) is 6.33 Å². The van der Waals surface area contributed by atoms with Gasteiger partial charge in [0.25, 0.3) is 0 Å². The number of nitrogens with two attached hydrogens (primary N) is 1. The molecule has 0 aromatic carbocycles. The highest BCUT2D eigenvalue weighted by Gasteiger charge is 2.29. The highest BCUT2D eigenvalue weighted by molar-refractivity contribution is 7.84. The quantitative estimate of drug-likeness (QED) is 0.845. The Morgan fingerprint density at radius 3 is 3.00 bits per heavy atom. The maximum absolute atomic E-state index is 10.8. The Kier molecular flexibility index (Phi) is 3.61. The van der Waals surface area contributed by atoms with Crippen molar-refractivity contribution < 1.29 is 17.3 Å². The Morgan fingerprint density at radius 1 is 1.43 bits per heavy atom. The second-order valence-corrected chi connectivity index (χ2v) is 6.07. The number of ether oxygens (including phenoxy) is 1. The Labute approximate surface area is 121 Å². The summed E-state index contributed by atoms with van der Waals surface area (Å²) >= 11 is 0. The summed E-state index contributed by atoms with van der Waals surface area (Å²) in [6.45, 7) is 1.77. The van der Waals surface area contributed by atoms with Gasteiger partial charge in [0.15, 0.2) is 5.65 Å². The van der Waals surface area contributed by atoms with Crippen molar-refractivity contribution in [3.63, 3.8) is 0 Å². The number of aryl methyl sites for hydroxylation is 1. The third-order valence-corrected chi connectivity index (χ3v) is 3.82. The van der Waals surface area contributed by atoms with Gasteiger partial charge in [-0.15, -0.1) is 0 Å². The molecule has 114 valence electrons. The van der Waals surface area contributed by atoms with E-state index in [0.29, 0.717) is 18.5 Å².